The van der Waals surface area contributed by atoms with Crippen LogP contribution in [0.2, 0.25) is 0 Å². The van der Waals surface area contributed by atoms with Crippen molar-refractivity contribution in [2.75, 3.05) is 18.9 Å². The standard InChI is InChI=1S/C23H20F3N5O2/c1-3-31(18-11-33-19-9-13(23(24,25)26)5-6-14(18)19)22(32)12-4-7-17-15(8-12)20-16(21(27)29-17)10-28-30(20)2/h4-10,18H,3,11H2,1-2H3,(H2,27,29). The van der Waals surface area contributed by atoms with Gasteiger partial charge in [0.2, 0.25) is 0 Å². The van der Waals surface area contributed by atoms with Crippen molar-refractivity contribution in [2.24, 2.45) is 7.05 Å². The SMILES string of the molecule is CCN(C(=O)c1ccc2nc(N)c3cnn(C)c3c2c1)C1COc2cc(C(F)(F)F)ccc21. The van der Waals surface area contributed by atoms with Crippen molar-refractivity contribution >= 4 is 33.5 Å². The van der Waals surface area contributed by atoms with E-state index in [1.165, 1.54) is 6.07 Å². The molecular formula is C23H20F3N5O2. The fourth-order valence-corrected chi connectivity index (χ4v) is 4.39. The molecule has 1 amide bonds. The molecule has 0 spiro atoms. The van der Waals surface area contributed by atoms with E-state index in [4.69, 9.17) is 10.5 Å². The first-order valence-corrected chi connectivity index (χ1v) is 10.3. The number of pyridine rings is 1. The Morgan fingerprint density at radius 2 is 2.03 bits per heavy atom. The molecule has 1 aliphatic heterocycles. The van der Waals surface area contributed by atoms with Crippen molar-refractivity contribution in [3.63, 3.8) is 0 Å². The number of likely N-dealkylation sites (N-methyl/N-ethyl adjacent to an activating group) is 1. The first-order chi connectivity index (χ1) is 15.7. The lowest BCUT2D eigenvalue weighted by Crippen LogP contribution is -2.35. The molecule has 2 aromatic heterocycles. The van der Waals surface area contributed by atoms with Gasteiger partial charge in [-0.2, -0.15) is 18.3 Å². The summed E-state index contributed by atoms with van der Waals surface area (Å²) in [6, 6.07) is 8.05. The molecular weight excluding hydrogens is 435 g/mol. The second-order valence-corrected chi connectivity index (χ2v) is 7.93. The normalized spacial score (nSPS) is 15.6. The van der Waals surface area contributed by atoms with Gasteiger partial charge >= 0.3 is 6.18 Å². The van der Waals surface area contributed by atoms with Gasteiger partial charge in [-0.15, -0.1) is 0 Å². The Labute approximate surface area is 186 Å². The Kier molecular flexibility index (Phi) is 4.70. The maximum atomic E-state index is 13.5. The first kappa shape index (κ1) is 21.0. The molecule has 0 saturated heterocycles. The molecule has 33 heavy (non-hydrogen) atoms. The molecule has 0 saturated carbocycles. The molecule has 1 atom stereocenters. The van der Waals surface area contributed by atoms with Crippen molar-refractivity contribution in [2.45, 2.75) is 19.1 Å². The number of nitrogens with zero attached hydrogens (tertiary/aromatic N) is 4. The highest BCUT2D eigenvalue weighted by atomic mass is 19.4. The minimum atomic E-state index is -4.46. The lowest BCUT2D eigenvalue weighted by Gasteiger charge is -2.27. The summed E-state index contributed by atoms with van der Waals surface area (Å²) in [7, 11) is 1.79. The van der Waals surface area contributed by atoms with E-state index >= 15 is 0 Å². The van der Waals surface area contributed by atoms with E-state index < -0.39 is 17.8 Å². The average Bonchev–Trinajstić information content (AvgIpc) is 3.38. The average molecular weight is 455 g/mol. The van der Waals surface area contributed by atoms with Gasteiger partial charge in [0.05, 0.1) is 34.2 Å². The number of aryl methyl sites for hydroxylation is 1. The van der Waals surface area contributed by atoms with Crippen LogP contribution in [0.4, 0.5) is 19.0 Å². The first-order valence-electron chi connectivity index (χ1n) is 10.3. The smallest absolute Gasteiger partial charge is 0.416 e. The van der Waals surface area contributed by atoms with Gasteiger partial charge in [-0.3, -0.25) is 9.48 Å². The highest BCUT2D eigenvalue weighted by Gasteiger charge is 2.36. The van der Waals surface area contributed by atoms with Gasteiger partial charge in [-0.25, -0.2) is 4.98 Å². The topological polar surface area (TPSA) is 86.3 Å². The molecule has 3 heterocycles. The molecule has 10 heteroatoms. The number of anilines is 1. The third-order valence-corrected chi connectivity index (χ3v) is 6.03. The molecule has 170 valence electrons. The van der Waals surface area contributed by atoms with Crippen LogP contribution in [0.25, 0.3) is 21.8 Å². The van der Waals surface area contributed by atoms with Crippen molar-refractivity contribution < 1.29 is 22.7 Å². The number of carbonyl (C=O) groups is 1. The summed E-state index contributed by atoms with van der Waals surface area (Å²) >= 11 is 0. The van der Waals surface area contributed by atoms with Gasteiger partial charge in [0.15, 0.2) is 0 Å². The quantitative estimate of drug-likeness (QED) is 0.497. The van der Waals surface area contributed by atoms with Gasteiger partial charge in [-0.05, 0) is 37.3 Å². The number of hydrogen-bond acceptors (Lipinski definition) is 5. The molecule has 0 bridgehead atoms. The fraction of sp³-hybridized carbons (Fsp3) is 0.261. The number of nitrogen functional groups attached to an aromatic ring is 1. The molecule has 1 aliphatic rings. The molecule has 1 unspecified atom stereocenters. The lowest BCUT2D eigenvalue weighted by molar-refractivity contribution is -0.137. The van der Waals surface area contributed by atoms with Crippen LogP contribution in [-0.2, 0) is 13.2 Å². The number of halogens is 3. The van der Waals surface area contributed by atoms with Gasteiger partial charge < -0.3 is 15.4 Å². The van der Waals surface area contributed by atoms with E-state index in [1.54, 1.807) is 41.0 Å². The Bertz CT molecular complexity index is 1410. The third kappa shape index (κ3) is 3.33. The van der Waals surface area contributed by atoms with Crippen LogP contribution in [0.5, 0.6) is 5.75 Å². The van der Waals surface area contributed by atoms with Crippen LogP contribution < -0.4 is 10.5 Å². The Hall–Kier alpha value is -3.82. The number of aromatic nitrogens is 3. The Morgan fingerprint density at radius 1 is 1.24 bits per heavy atom. The van der Waals surface area contributed by atoms with E-state index in [2.05, 4.69) is 10.1 Å². The van der Waals surface area contributed by atoms with E-state index in [1.807, 2.05) is 6.92 Å². The maximum absolute atomic E-state index is 13.5. The van der Waals surface area contributed by atoms with E-state index in [0.29, 0.717) is 34.4 Å². The fourth-order valence-electron chi connectivity index (χ4n) is 4.39. The predicted octanol–water partition coefficient (Wildman–Crippen LogP) is 4.32. The lowest BCUT2D eigenvalue weighted by atomic mass is 10.0. The number of rotatable bonds is 3. The summed E-state index contributed by atoms with van der Waals surface area (Å²) in [6.07, 6.45) is -2.83. The monoisotopic (exact) mass is 455 g/mol. The minimum Gasteiger partial charge on any atom is -0.491 e. The number of hydrogen-bond donors (Lipinski definition) is 1. The van der Waals surface area contributed by atoms with Gasteiger partial charge in [0.1, 0.15) is 18.2 Å². The number of carbonyl (C=O) groups excluding carboxylic acids is 1. The molecule has 0 radical (unpaired) electrons. The second-order valence-electron chi connectivity index (χ2n) is 7.93. The highest BCUT2D eigenvalue weighted by Crippen LogP contribution is 2.41. The minimum absolute atomic E-state index is 0.0911. The summed E-state index contributed by atoms with van der Waals surface area (Å²) in [4.78, 5) is 19.5. The highest BCUT2D eigenvalue weighted by molar-refractivity contribution is 6.10. The number of fused-ring (bicyclic) bond motifs is 4. The van der Waals surface area contributed by atoms with Crippen LogP contribution in [-0.4, -0.2) is 38.7 Å². The predicted molar refractivity (Wildman–Crippen MR) is 117 cm³/mol. The molecule has 2 N–H and O–H groups in total. The molecule has 4 aromatic rings. The number of ether oxygens (including phenoxy) is 1. The van der Waals surface area contributed by atoms with E-state index in [0.717, 1.165) is 23.0 Å². The van der Waals surface area contributed by atoms with Crippen LogP contribution in [0, 0.1) is 0 Å². The molecule has 0 aliphatic carbocycles. The van der Waals surface area contributed by atoms with Crippen molar-refractivity contribution in [3.05, 3.63) is 59.3 Å². The number of alkyl halides is 3. The van der Waals surface area contributed by atoms with Gasteiger partial charge in [-0.1, -0.05) is 6.07 Å². The van der Waals surface area contributed by atoms with E-state index in [-0.39, 0.29) is 18.3 Å². The van der Waals surface area contributed by atoms with Crippen LogP contribution in [0.3, 0.4) is 0 Å². The van der Waals surface area contributed by atoms with Crippen molar-refractivity contribution in [1.82, 2.24) is 19.7 Å². The summed E-state index contributed by atoms with van der Waals surface area (Å²) in [5, 5.41) is 5.68. The molecule has 7 nitrogen and oxygen atoms in total. The zero-order valence-electron chi connectivity index (χ0n) is 17.8. The van der Waals surface area contributed by atoms with Gasteiger partial charge in [0.25, 0.3) is 5.91 Å². The molecule has 5 rings (SSSR count). The van der Waals surface area contributed by atoms with Crippen LogP contribution in [0.1, 0.15) is 34.5 Å². The Balaban J connectivity index is 1.54. The maximum Gasteiger partial charge on any atom is 0.416 e. The number of benzene rings is 2. The Morgan fingerprint density at radius 3 is 2.76 bits per heavy atom. The van der Waals surface area contributed by atoms with Crippen molar-refractivity contribution in [1.29, 1.82) is 0 Å². The summed E-state index contributed by atoms with van der Waals surface area (Å²) in [5.41, 5.74) is 7.66. The third-order valence-electron chi connectivity index (χ3n) is 6.03. The zero-order valence-corrected chi connectivity index (χ0v) is 17.8. The van der Waals surface area contributed by atoms with E-state index in [9.17, 15) is 18.0 Å². The molecule has 0 fully saturated rings. The number of amides is 1. The van der Waals surface area contributed by atoms with Crippen LogP contribution in [0.15, 0.2) is 42.6 Å². The second kappa shape index (κ2) is 7.36. The zero-order chi connectivity index (χ0) is 23.5. The van der Waals surface area contributed by atoms with Gasteiger partial charge in [0, 0.05) is 30.1 Å². The largest absolute Gasteiger partial charge is 0.491 e. The number of nitrogens with two attached hydrogens (primary N) is 1. The molecule has 2 aromatic carbocycles. The summed E-state index contributed by atoms with van der Waals surface area (Å²) in [5.74, 6) is 0.251. The van der Waals surface area contributed by atoms with Crippen molar-refractivity contribution in [3.8, 4) is 5.75 Å². The van der Waals surface area contributed by atoms with Crippen LogP contribution >= 0.6 is 0 Å². The summed E-state index contributed by atoms with van der Waals surface area (Å²) in [6.45, 7) is 2.27. The summed E-state index contributed by atoms with van der Waals surface area (Å²) < 4.78 is 46.4.